The molecular formula is C54H46CaCl2N6O12S2. The molecule has 0 heterocycles. The molecule has 0 aliphatic carbocycles. The molecule has 0 saturated carbocycles. The fourth-order valence-corrected chi connectivity index (χ4v) is 10.2. The minimum Gasteiger partial charge on any atom is -0.871 e. The van der Waals surface area contributed by atoms with Gasteiger partial charge in [0.05, 0.1) is 51.6 Å². The number of para-hydroxylation sites is 4. The first-order valence-electron chi connectivity index (χ1n) is 23.2. The summed E-state index contributed by atoms with van der Waals surface area (Å²) in [6.07, 6.45) is 0.573. The number of aromatic hydroxyl groups is 1. The van der Waals surface area contributed by atoms with Crippen molar-refractivity contribution in [3.8, 4) is 23.0 Å². The Kier molecular flexibility index (Phi) is 20.2. The number of hydrogen-bond donors (Lipinski definition) is 4. The third kappa shape index (κ3) is 13.7. The number of benzene rings is 8. The van der Waals surface area contributed by atoms with Gasteiger partial charge in [0.2, 0.25) is 0 Å². The van der Waals surface area contributed by atoms with E-state index in [1.807, 2.05) is 13.8 Å². The largest absolute Gasteiger partial charge is 2.00 e. The molecule has 77 heavy (non-hydrogen) atoms. The zero-order valence-electron chi connectivity index (χ0n) is 41.6. The van der Waals surface area contributed by atoms with Gasteiger partial charge in [0, 0.05) is 10.8 Å². The van der Waals surface area contributed by atoms with Crippen molar-refractivity contribution in [1.82, 2.24) is 0 Å². The van der Waals surface area contributed by atoms with Gasteiger partial charge >= 0.3 is 37.7 Å². The fraction of sp³-hybridized carbons (Fsp3) is 0.148. The summed E-state index contributed by atoms with van der Waals surface area (Å²) in [7, 11) is -9.08. The molecule has 392 valence electrons. The summed E-state index contributed by atoms with van der Waals surface area (Å²) >= 11 is 12.4. The third-order valence-corrected chi connectivity index (χ3v) is 14.3. The second-order valence-corrected chi connectivity index (χ2v) is 19.7. The normalized spacial score (nSPS) is 11.9. The number of hydrogen-bond acceptors (Lipinski definition) is 15. The van der Waals surface area contributed by atoms with E-state index in [0.29, 0.717) is 69.5 Å². The average Bonchev–Trinajstić information content (AvgIpc) is 3.39. The van der Waals surface area contributed by atoms with E-state index in [4.69, 9.17) is 32.7 Å². The number of aliphatic imine (C=N–C) groups is 1. The van der Waals surface area contributed by atoms with Gasteiger partial charge in [-0.25, -0.2) is 0 Å². The number of carbonyl (C=O) groups excluding carboxylic acids is 1. The SMILES string of the molecule is CCOc1ccccc1N=C([O-])c1cc2ccccc2c(N=Nc2ccc(S(=O)(=O)O)c(Cl)c2CC)c1[O-].CCOc1ccccc1NC(=O)c1cc2ccccc2c(N=Nc2ccc(S(=O)(=O)O)c(Cl)c2CC)c1O.[Ca+2]. The van der Waals surface area contributed by atoms with Crippen LogP contribution in [0.5, 0.6) is 23.0 Å². The molecule has 0 aliphatic heterocycles. The van der Waals surface area contributed by atoms with Crippen molar-refractivity contribution in [3.63, 3.8) is 0 Å². The van der Waals surface area contributed by atoms with Gasteiger partial charge in [-0.15, -0.1) is 5.11 Å². The molecule has 0 aromatic heterocycles. The number of azo groups is 2. The maximum atomic E-state index is 13.4. The van der Waals surface area contributed by atoms with E-state index < -0.39 is 53.3 Å². The van der Waals surface area contributed by atoms with E-state index in [-0.39, 0.29) is 93.8 Å². The molecule has 0 fully saturated rings. The first-order valence-corrected chi connectivity index (χ1v) is 26.8. The average molecular weight is 1150 g/mol. The zero-order valence-corrected chi connectivity index (χ0v) is 46.9. The molecule has 0 bridgehead atoms. The number of phenols is 1. The molecular weight excluding hydrogens is 1100 g/mol. The van der Waals surface area contributed by atoms with Crippen LogP contribution in [-0.4, -0.2) is 93.8 Å². The molecule has 0 aliphatic rings. The van der Waals surface area contributed by atoms with Crippen LogP contribution in [0.15, 0.2) is 169 Å². The monoisotopic (exact) mass is 1140 g/mol. The summed E-state index contributed by atoms with van der Waals surface area (Å²) in [6.45, 7) is 7.90. The summed E-state index contributed by atoms with van der Waals surface area (Å²) < 4.78 is 76.5. The molecule has 0 saturated heterocycles. The van der Waals surface area contributed by atoms with Gasteiger partial charge in [-0.1, -0.05) is 116 Å². The number of ether oxygens (including phenoxy) is 2. The van der Waals surface area contributed by atoms with Crippen molar-refractivity contribution < 1.29 is 55.5 Å². The summed E-state index contributed by atoms with van der Waals surface area (Å²) in [5.41, 5.74) is 1.58. The Morgan fingerprint density at radius 1 is 0.597 bits per heavy atom. The standard InChI is InChI=1S/2C27H24ClN3O6S.Ca/c2*1-3-17-20(13-14-23(24(17)28)38(34,35)36)30-31-25-18-10-6-5-9-16(18)15-19(26(25)32)27(33)29-21-11-7-8-12-22(21)37-4-2;/h2*5-15,32H,3-4H2,1-2H3,(H,29,33)(H,34,35,36);/q;;+2/p-2. The minimum absolute atomic E-state index is 0. The van der Waals surface area contributed by atoms with Crippen LogP contribution in [0, 0.1) is 0 Å². The Labute approximate surface area is 483 Å². The van der Waals surface area contributed by atoms with Crippen LogP contribution in [0.2, 0.25) is 10.0 Å². The Morgan fingerprint density at radius 3 is 1.58 bits per heavy atom. The van der Waals surface area contributed by atoms with Crippen LogP contribution in [-0.2, 0) is 33.1 Å². The van der Waals surface area contributed by atoms with E-state index in [1.54, 1.807) is 117 Å². The molecule has 23 heteroatoms. The second kappa shape index (κ2) is 26.1. The number of fused-ring (bicyclic) bond motifs is 2. The minimum atomic E-state index is -4.54. The van der Waals surface area contributed by atoms with E-state index in [0.717, 1.165) is 12.1 Å². The van der Waals surface area contributed by atoms with Gasteiger partial charge in [-0.2, -0.15) is 32.2 Å². The van der Waals surface area contributed by atoms with Crippen molar-refractivity contribution in [2.75, 3.05) is 18.5 Å². The van der Waals surface area contributed by atoms with Gasteiger partial charge in [0.25, 0.3) is 26.1 Å². The second-order valence-electron chi connectivity index (χ2n) is 16.2. The van der Waals surface area contributed by atoms with Crippen molar-refractivity contribution >= 4 is 149 Å². The first-order chi connectivity index (χ1) is 36.3. The van der Waals surface area contributed by atoms with Crippen molar-refractivity contribution in [2.45, 2.75) is 50.3 Å². The number of nitrogens with one attached hydrogen (secondary N) is 1. The third-order valence-electron chi connectivity index (χ3n) is 11.4. The summed E-state index contributed by atoms with van der Waals surface area (Å²) in [5.74, 6) is -1.51. The molecule has 4 N–H and O–H groups in total. The zero-order chi connectivity index (χ0) is 54.9. The number of carbonyl (C=O) groups is 1. The maximum absolute atomic E-state index is 13.4. The van der Waals surface area contributed by atoms with E-state index in [9.17, 15) is 46.1 Å². The van der Waals surface area contributed by atoms with Crippen LogP contribution in [0.25, 0.3) is 21.5 Å². The van der Waals surface area contributed by atoms with Gasteiger partial charge in [0.1, 0.15) is 32.7 Å². The Balaban J connectivity index is 0.000000246. The Morgan fingerprint density at radius 2 is 1.05 bits per heavy atom. The van der Waals surface area contributed by atoms with Crippen LogP contribution in [0.3, 0.4) is 0 Å². The summed E-state index contributed by atoms with van der Waals surface area (Å²) in [6, 6.07) is 35.6. The quantitative estimate of drug-likeness (QED) is 0.0231. The van der Waals surface area contributed by atoms with Gasteiger partial charge in [0.15, 0.2) is 5.75 Å². The number of nitrogens with zero attached hydrogens (tertiary/aromatic N) is 5. The van der Waals surface area contributed by atoms with E-state index in [2.05, 4.69) is 30.8 Å². The molecule has 0 unspecified atom stereocenters. The number of phenolic OH excluding ortho intramolecular Hbond substituents is 1. The van der Waals surface area contributed by atoms with Gasteiger partial charge < -0.3 is 30.1 Å². The molecule has 0 spiro atoms. The van der Waals surface area contributed by atoms with Crippen LogP contribution in [0.4, 0.5) is 34.1 Å². The molecule has 0 radical (unpaired) electrons. The molecule has 8 rings (SSSR count). The summed E-state index contributed by atoms with van der Waals surface area (Å²) in [5, 5.41) is 59.2. The maximum Gasteiger partial charge on any atom is 2.00 e. The van der Waals surface area contributed by atoms with Crippen molar-refractivity contribution in [1.29, 1.82) is 0 Å². The van der Waals surface area contributed by atoms with Crippen molar-refractivity contribution in [3.05, 3.63) is 166 Å². The van der Waals surface area contributed by atoms with Gasteiger partial charge in [-0.05, 0) is 121 Å². The first kappa shape index (κ1) is 59.5. The van der Waals surface area contributed by atoms with Crippen molar-refractivity contribution in [2.24, 2.45) is 25.4 Å². The predicted molar refractivity (Wildman–Crippen MR) is 294 cm³/mol. The fourth-order valence-electron chi connectivity index (χ4n) is 7.84. The van der Waals surface area contributed by atoms with E-state index in [1.165, 1.54) is 18.2 Å². The topological polar surface area (TPSA) is 284 Å². The van der Waals surface area contributed by atoms with E-state index >= 15 is 0 Å². The van der Waals surface area contributed by atoms with Crippen LogP contribution < -0.4 is 25.0 Å². The van der Waals surface area contributed by atoms with Crippen LogP contribution in [0.1, 0.15) is 54.7 Å². The number of rotatable bonds is 16. The Bertz CT molecular complexity index is 3860. The number of amides is 1. The molecule has 0 atom stereocenters. The van der Waals surface area contributed by atoms with Gasteiger partial charge in [-0.3, -0.25) is 18.9 Å². The number of anilines is 1. The molecule has 18 nitrogen and oxygen atoms in total. The smallest absolute Gasteiger partial charge is 0.871 e. The molecule has 1 amide bonds. The molecule has 8 aromatic rings. The number of halogens is 2. The summed E-state index contributed by atoms with van der Waals surface area (Å²) in [4.78, 5) is 16.5. The molecule has 8 aromatic carbocycles. The Hall–Kier alpha value is -6.72. The van der Waals surface area contributed by atoms with Crippen LogP contribution >= 0.6 is 23.2 Å². The predicted octanol–water partition coefficient (Wildman–Crippen LogP) is 12.3.